The van der Waals surface area contributed by atoms with E-state index in [1.807, 2.05) is 31.2 Å². The van der Waals surface area contributed by atoms with E-state index in [1.54, 1.807) is 6.07 Å². The van der Waals surface area contributed by atoms with Crippen molar-refractivity contribution in [3.63, 3.8) is 0 Å². The van der Waals surface area contributed by atoms with E-state index in [0.717, 1.165) is 31.2 Å². The molecule has 1 aromatic heterocycles. The molecule has 1 aliphatic carbocycles. The number of hydrogen-bond acceptors (Lipinski definition) is 4. The monoisotopic (exact) mass is 314 g/mol. The second kappa shape index (κ2) is 6.96. The fourth-order valence-electron chi connectivity index (χ4n) is 3.01. The van der Waals surface area contributed by atoms with Crippen LogP contribution in [-0.4, -0.2) is 28.8 Å². The van der Waals surface area contributed by atoms with Crippen LogP contribution in [0.25, 0.3) is 11.3 Å². The Labute approximate surface area is 135 Å². The Kier molecular flexibility index (Phi) is 4.76. The van der Waals surface area contributed by atoms with Gasteiger partial charge in [0.25, 0.3) is 5.91 Å². The number of rotatable bonds is 4. The van der Waals surface area contributed by atoms with Crippen LogP contribution in [0.5, 0.6) is 0 Å². The molecule has 5 nitrogen and oxygen atoms in total. The van der Waals surface area contributed by atoms with E-state index >= 15 is 0 Å². The van der Waals surface area contributed by atoms with Crippen LogP contribution in [0.4, 0.5) is 0 Å². The molecule has 2 unspecified atom stereocenters. The number of carbonyl (C=O) groups excluding carboxylic acids is 1. The highest BCUT2D eigenvalue weighted by Crippen LogP contribution is 2.24. The molecule has 0 aliphatic heterocycles. The van der Waals surface area contributed by atoms with Crippen molar-refractivity contribution in [2.45, 2.75) is 38.7 Å². The van der Waals surface area contributed by atoms with Crippen LogP contribution in [0.15, 0.2) is 34.9 Å². The second-order valence-electron chi connectivity index (χ2n) is 6.34. The van der Waals surface area contributed by atoms with Crippen LogP contribution in [-0.2, 0) is 0 Å². The van der Waals surface area contributed by atoms with Crippen molar-refractivity contribution in [1.29, 1.82) is 0 Å². The minimum atomic E-state index is -0.254. The number of benzene rings is 1. The molecule has 0 radical (unpaired) electrons. The van der Waals surface area contributed by atoms with Gasteiger partial charge in [-0.1, -0.05) is 41.4 Å². The van der Waals surface area contributed by atoms with E-state index in [9.17, 15) is 9.90 Å². The summed E-state index contributed by atoms with van der Waals surface area (Å²) in [5.41, 5.74) is 2.75. The van der Waals surface area contributed by atoms with Crippen molar-refractivity contribution in [3.8, 4) is 11.3 Å². The van der Waals surface area contributed by atoms with Crippen LogP contribution in [0.3, 0.4) is 0 Å². The molecule has 2 atom stereocenters. The van der Waals surface area contributed by atoms with E-state index in [0.29, 0.717) is 18.2 Å². The lowest BCUT2D eigenvalue weighted by atomic mass is 9.87. The average Bonchev–Trinajstić information content (AvgIpc) is 3.03. The highest BCUT2D eigenvalue weighted by atomic mass is 16.5. The van der Waals surface area contributed by atoms with Gasteiger partial charge in [0.2, 0.25) is 5.76 Å². The van der Waals surface area contributed by atoms with Gasteiger partial charge in [-0.25, -0.2) is 0 Å². The van der Waals surface area contributed by atoms with Gasteiger partial charge in [-0.05, 0) is 32.1 Å². The molecular weight excluding hydrogens is 292 g/mol. The first kappa shape index (κ1) is 15.7. The lowest BCUT2D eigenvalue weighted by molar-refractivity contribution is 0.0847. The molecule has 1 fully saturated rings. The molecule has 0 saturated heterocycles. The summed E-state index contributed by atoms with van der Waals surface area (Å²) in [6.45, 7) is 2.59. The summed E-state index contributed by atoms with van der Waals surface area (Å²) in [5, 5.41) is 16.5. The lowest BCUT2D eigenvalue weighted by Gasteiger charge is -2.25. The third kappa shape index (κ3) is 3.99. The number of aliphatic hydroxyl groups is 1. The molecule has 2 aromatic rings. The highest BCUT2D eigenvalue weighted by molar-refractivity contribution is 5.92. The minimum Gasteiger partial charge on any atom is -0.393 e. The van der Waals surface area contributed by atoms with E-state index in [1.165, 1.54) is 5.56 Å². The quantitative estimate of drug-likeness (QED) is 0.910. The molecule has 1 heterocycles. The van der Waals surface area contributed by atoms with Crippen LogP contribution in [0.1, 0.15) is 41.8 Å². The first-order chi connectivity index (χ1) is 11.1. The predicted molar refractivity (Wildman–Crippen MR) is 87.0 cm³/mol. The van der Waals surface area contributed by atoms with Gasteiger partial charge in [-0.3, -0.25) is 4.79 Å². The van der Waals surface area contributed by atoms with Gasteiger partial charge < -0.3 is 14.9 Å². The Morgan fingerprint density at radius 1 is 1.35 bits per heavy atom. The van der Waals surface area contributed by atoms with E-state index in [2.05, 4.69) is 10.5 Å². The van der Waals surface area contributed by atoms with Gasteiger partial charge in [0.05, 0.1) is 6.10 Å². The fraction of sp³-hybridized carbons (Fsp3) is 0.444. The maximum absolute atomic E-state index is 12.2. The molecule has 2 N–H and O–H groups in total. The first-order valence-corrected chi connectivity index (χ1v) is 8.12. The van der Waals surface area contributed by atoms with Gasteiger partial charge in [0.1, 0.15) is 5.69 Å². The van der Waals surface area contributed by atoms with Crippen molar-refractivity contribution >= 4 is 5.91 Å². The van der Waals surface area contributed by atoms with Crippen molar-refractivity contribution in [2.24, 2.45) is 5.92 Å². The van der Waals surface area contributed by atoms with Gasteiger partial charge >= 0.3 is 0 Å². The third-order valence-electron chi connectivity index (χ3n) is 4.39. The topological polar surface area (TPSA) is 75.4 Å². The molecule has 122 valence electrons. The fourth-order valence-corrected chi connectivity index (χ4v) is 3.01. The molecule has 1 aromatic carbocycles. The number of amides is 1. The molecule has 1 amide bonds. The van der Waals surface area contributed by atoms with Crippen LogP contribution in [0, 0.1) is 12.8 Å². The molecule has 0 spiro atoms. The normalized spacial score (nSPS) is 21.1. The Hall–Kier alpha value is -2.14. The van der Waals surface area contributed by atoms with Crippen LogP contribution in [0.2, 0.25) is 0 Å². The molecule has 5 heteroatoms. The largest absolute Gasteiger partial charge is 0.393 e. The predicted octanol–water partition coefficient (Wildman–Crippen LogP) is 2.93. The molecular formula is C18H22N2O3. The van der Waals surface area contributed by atoms with Gasteiger partial charge in [-0.2, -0.15) is 0 Å². The Bertz CT molecular complexity index is 663. The molecule has 1 saturated carbocycles. The highest BCUT2D eigenvalue weighted by Gasteiger charge is 2.21. The smallest absolute Gasteiger partial charge is 0.289 e. The summed E-state index contributed by atoms with van der Waals surface area (Å²) in [6, 6.07) is 9.57. The third-order valence-corrected chi connectivity index (χ3v) is 4.39. The van der Waals surface area contributed by atoms with Crippen LogP contribution < -0.4 is 5.32 Å². The van der Waals surface area contributed by atoms with E-state index < -0.39 is 0 Å². The Morgan fingerprint density at radius 2 is 2.13 bits per heavy atom. The number of nitrogens with one attached hydrogen (secondary N) is 1. The first-order valence-electron chi connectivity index (χ1n) is 8.12. The zero-order chi connectivity index (χ0) is 16.2. The number of carbonyl (C=O) groups is 1. The molecule has 0 bridgehead atoms. The zero-order valence-corrected chi connectivity index (χ0v) is 13.3. The summed E-state index contributed by atoms with van der Waals surface area (Å²) in [5.74, 6) is 0.301. The lowest BCUT2D eigenvalue weighted by Crippen LogP contribution is -2.32. The summed E-state index contributed by atoms with van der Waals surface area (Å²) in [7, 11) is 0. The number of nitrogens with zero attached hydrogens (tertiary/aromatic N) is 1. The number of aliphatic hydroxyl groups excluding tert-OH is 1. The van der Waals surface area contributed by atoms with E-state index in [-0.39, 0.29) is 17.8 Å². The number of hydrogen-bond donors (Lipinski definition) is 2. The van der Waals surface area contributed by atoms with Gasteiger partial charge in [0.15, 0.2) is 0 Å². The maximum atomic E-state index is 12.2. The number of aryl methyl sites for hydroxylation is 1. The Morgan fingerprint density at radius 3 is 2.87 bits per heavy atom. The minimum absolute atomic E-state index is 0.219. The molecule has 3 rings (SSSR count). The van der Waals surface area contributed by atoms with Crippen molar-refractivity contribution in [1.82, 2.24) is 10.5 Å². The number of aromatic nitrogens is 1. The SMILES string of the molecule is Cc1ccc(-c2cc(C(=O)NCC3CCCC(O)C3)on2)cc1. The van der Waals surface area contributed by atoms with Gasteiger partial charge in [-0.15, -0.1) is 0 Å². The summed E-state index contributed by atoms with van der Waals surface area (Å²) in [4.78, 5) is 12.2. The zero-order valence-electron chi connectivity index (χ0n) is 13.3. The standard InChI is InChI=1S/C18H22N2O3/c1-12-5-7-14(8-6-12)16-10-17(23-20-16)18(22)19-11-13-3-2-4-15(21)9-13/h5-8,10,13,15,21H,2-4,9,11H2,1H3,(H,19,22). The summed E-state index contributed by atoms with van der Waals surface area (Å²) in [6.07, 6.45) is 3.45. The maximum Gasteiger partial charge on any atom is 0.289 e. The van der Waals surface area contributed by atoms with Crippen molar-refractivity contribution in [2.75, 3.05) is 6.54 Å². The van der Waals surface area contributed by atoms with Crippen molar-refractivity contribution < 1.29 is 14.4 Å². The van der Waals surface area contributed by atoms with Gasteiger partial charge in [0, 0.05) is 18.2 Å². The summed E-state index contributed by atoms with van der Waals surface area (Å²) < 4.78 is 5.16. The van der Waals surface area contributed by atoms with E-state index in [4.69, 9.17) is 4.52 Å². The molecule has 23 heavy (non-hydrogen) atoms. The molecule has 1 aliphatic rings. The average molecular weight is 314 g/mol. The second-order valence-corrected chi connectivity index (χ2v) is 6.34. The summed E-state index contributed by atoms with van der Waals surface area (Å²) >= 11 is 0. The van der Waals surface area contributed by atoms with Crippen molar-refractivity contribution in [3.05, 3.63) is 41.7 Å². The van der Waals surface area contributed by atoms with Crippen LogP contribution >= 0.6 is 0 Å². The Balaban J connectivity index is 1.59.